The van der Waals surface area contributed by atoms with Gasteiger partial charge in [-0.2, -0.15) is 0 Å². The number of carbonyl (C=O) groups is 1. The van der Waals surface area contributed by atoms with Crippen LogP contribution in [0.25, 0.3) is 0 Å². The van der Waals surface area contributed by atoms with Crippen LogP contribution in [0, 0.1) is 13.8 Å². The molecule has 2 heterocycles. The summed E-state index contributed by atoms with van der Waals surface area (Å²) in [7, 11) is 0. The van der Waals surface area contributed by atoms with Gasteiger partial charge in [-0.1, -0.05) is 53.9 Å². The molecule has 0 unspecified atom stereocenters. The molecule has 3 aromatic rings. The van der Waals surface area contributed by atoms with Crippen LogP contribution in [0.2, 0.25) is 0 Å². The summed E-state index contributed by atoms with van der Waals surface area (Å²) < 4.78 is 5.56. The number of thioether (sulfide) groups is 2. The summed E-state index contributed by atoms with van der Waals surface area (Å²) in [5, 5.41) is 11.9. The molecule has 27 heavy (non-hydrogen) atoms. The Morgan fingerprint density at radius 3 is 2.56 bits per heavy atom. The van der Waals surface area contributed by atoms with Crippen LogP contribution in [0.5, 0.6) is 0 Å². The predicted octanol–water partition coefficient (Wildman–Crippen LogP) is 3.18. The molecule has 9 heteroatoms. The largest absolute Gasteiger partial charge is 0.415 e. The zero-order valence-corrected chi connectivity index (χ0v) is 16.6. The molecule has 0 saturated heterocycles. The molecule has 7 nitrogen and oxygen atoms in total. The number of aryl methyl sites for hydroxylation is 2. The Balaban J connectivity index is 1.43. The van der Waals surface area contributed by atoms with Crippen molar-refractivity contribution in [3.8, 4) is 0 Å². The van der Waals surface area contributed by atoms with E-state index in [9.17, 15) is 4.79 Å². The van der Waals surface area contributed by atoms with E-state index < -0.39 is 0 Å². The van der Waals surface area contributed by atoms with Gasteiger partial charge in [-0.3, -0.25) is 4.79 Å². The fourth-order valence-corrected chi connectivity index (χ4v) is 3.61. The van der Waals surface area contributed by atoms with E-state index in [0.717, 1.165) is 17.0 Å². The minimum atomic E-state index is -0.0818. The van der Waals surface area contributed by atoms with E-state index in [1.54, 1.807) is 0 Å². The number of rotatable bonds is 8. The molecule has 0 fully saturated rings. The molecule has 0 aliphatic rings. The first-order chi connectivity index (χ1) is 13.1. The highest BCUT2D eigenvalue weighted by Crippen LogP contribution is 2.22. The zero-order chi connectivity index (χ0) is 19.1. The van der Waals surface area contributed by atoms with Crippen molar-refractivity contribution in [1.29, 1.82) is 0 Å². The predicted molar refractivity (Wildman–Crippen MR) is 104 cm³/mol. The minimum absolute atomic E-state index is 0.0818. The van der Waals surface area contributed by atoms with Gasteiger partial charge in [0.1, 0.15) is 0 Å². The second-order valence-electron chi connectivity index (χ2n) is 5.73. The number of nitrogens with zero attached hydrogens (tertiary/aromatic N) is 4. The normalized spacial score (nSPS) is 10.7. The summed E-state index contributed by atoms with van der Waals surface area (Å²) in [6.07, 6.45) is 0. The third kappa shape index (κ3) is 6.37. The maximum Gasteiger partial charge on any atom is 0.277 e. The summed E-state index contributed by atoms with van der Waals surface area (Å²) in [5.41, 5.74) is 2.91. The van der Waals surface area contributed by atoms with Crippen LogP contribution in [0.3, 0.4) is 0 Å². The molecule has 2 aromatic heterocycles. The number of carbonyl (C=O) groups excluding carboxylic acids is 1. The summed E-state index contributed by atoms with van der Waals surface area (Å²) in [6, 6.07) is 11.7. The smallest absolute Gasteiger partial charge is 0.277 e. The second-order valence-corrected chi connectivity index (χ2v) is 7.60. The Kier molecular flexibility index (Phi) is 6.83. The molecule has 0 spiro atoms. The molecule has 1 N–H and O–H groups in total. The molecule has 1 aromatic carbocycles. The molecular weight excluding hydrogens is 382 g/mol. The van der Waals surface area contributed by atoms with E-state index in [2.05, 4.69) is 25.5 Å². The molecule has 3 rings (SSSR count). The number of hydrogen-bond donors (Lipinski definition) is 1. The Labute approximate surface area is 165 Å². The van der Waals surface area contributed by atoms with Gasteiger partial charge in [-0.05, 0) is 25.5 Å². The number of amides is 1. The lowest BCUT2D eigenvalue weighted by Gasteiger charge is -2.03. The molecule has 0 aliphatic carbocycles. The van der Waals surface area contributed by atoms with Crippen LogP contribution in [0.4, 0.5) is 0 Å². The average Bonchev–Trinajstić information content (AvgIpc) is 3.11. The lowest BCUT2D eigenvalue weighted by Crippen LogP contribution is -2.24. The fraction of sp³-hybridized carbons (Fsp3) is 0.278. The maximum absolute atomic E-state index is 11.9. The molecule has 1 amide bonds. The van der Waals surface area contributed by atoms with Crippen molar-refractivity contribution in [3.63, 3.8) is 0 Å². The van der Waals surface area contributed by atoms with Crippen molar-refractivity contribution in [3.05, 3.63) is 59.2 Å². The Bertz CT molecular complexity index is 882. The van der Waals surface area contributed by atoms with E-state index in [-0.39, 0.29) is 11.7 Å². The van der Waals surface area contributed by atoms with Gasteiger partial charge < -0.3 is 9.73 Å². The Hall–Kier alpha value is -2.39. The Morgan fingerprint density at radius 1 is 1.07 bits per heavy atom. The van der Waals surface area contributed by atoms with E-state index in [0.29, 0.717) is 28.6 Å². The van der Waals surface area contributed by atoms with Gasteiger partial charge in [0.2, 0.25) is 11.8 Å². The van der Waals surface area contributed by atoms with E-state index in [4.69, 9.17) is 4.42 Å². The molecule has 0 radical (unpaired) electrons. The first-order valence-corrected chi connectivity index (χ1v) is 10.3. The molecular formula is C18H19N5O2S2. The highest BCUT2D eigenvalue weighted by atomic mass is 32.2. The average molecular weight is 402 g/mol. The topological polar surface area (TPSA) is 93.8 Å². The monoisotopic (exact) mass is 401 g/mol. The van der Waals surface area contributed by atoms with Gasteiger partial charge in [0.05, 0.1) is 11.5 Å². The van der Waals surface area contributed by atoms with Crippen molar-refractivity contribution in [2.75, 3.05) is 5.75 Å². The second kappa shape index (κ2) is 9.52. The molecule has 0 atom stereocenters. The highest BCUT2D eigenvalue weighted by Gasteiger charge is 2.11. The molecule has 140 valence electrons. The number of benzene rings is 1. The standard InChI is InChI=1S/C18H19N5O2S2/c1-12-8-13(2)21-17(20-12)26-11-16-22-23-18(25-16)27-10-15(24)19-9-14-6-4-3-5-7-14/h3-8H,9-11H2,1-2H3,(H,19,24). The maximum atomic E-state index is 11.9. The van der Waals surface area contributed by atoms with Crippen LogP contribution < -0.4 is 5.32 Å². The first-order valence-electron chi connectivity index (χ1n) is 8.29. The Morgan fingerprint density at radius 2 is 1.81 bits per heavy atom. The number of hydrogen-bond acceptors (Lipinski definition) is 8. The van der Waals surface area contributed by atoms with Crippen LogP contribution in [-0.4, -0.2) is 31.8 Å². The van der Waals surface area contributed by atoms with Crippen molar-refractivity contribution in [2.24, 2.45) is 0 Å². The van der Waals surface area contributed by atoms with Crippen LogP contribution in [-0.2, 0) is 17.1 Å². The quantitative estimate of drug-likeness (QED) is 0.454. The van der Waals surface area contributed by atoms with Gasteiger partial charge in [0.25, 0.3) is 5.22 Å². The lowest BCUT2D eigenvalue weighted by molar-refractivity contribution is -0.118. The van der Waals surface area contributed by atoms with Crippen molar-refractivity contribution in [2.45, 2.75) is 36.5 Å². The zero-order valence-electron chi connectivity index (χ0n) is 15.0. The third-order valence-corrected chi connectivity index (χ3v) is 5.04. The van der Waals surface area contributed by atoms with Gasteiger partial charge in [-0.15, -0.1) is 10.2 Å². The molecule has 0 bridgehead atoms. The van der Waals surface area contributed by atoms with Crippen LogP contribution >= 0.6 is 23.5 Å². The highest BCUT2D eigenvalue weighted by molar-refractivity contribution is 7.99. The van der Waals surface area contributed by atoms with E-state index >= 15 is 0 Å². The summed E-state index contributed by atoms with van der Waals surface area (Å²) in [6.45, 7) is 4.37. The van der Waals surface area contributed by atoms with E-state index in [1.165, 1.54) is 23.5 Å². The van der Waals surface area contributed by atoms with Gasteiger partial charge in [-0.25, -0.2) is 9.97 Å². The van der Waals surface area contributed by atoms with Crippen LogP contribution in [0.15, 0.2) is 51.2 Å². The van der Waals surface area contributed by atoms with Crippen molar-refractivity contribution < 1.29 is 9.21 Å². The molecule has 0 saturated carbocycles. The van der Waals surface area contributed by atoms with Crippen LogP contribution in [0.1, 0.15) is 22.8 Å². The fourth-order valence-electron chi connectivity index (χ4n) is 2.21. The summed E-state index contributed by atoms with van der Waals surface area (Å²) >= 11 is 2.66. The van der Waals surface area contributed by atoms with Gasteiger partial charge in [0.15, 0.2) is 5.16 Å². The first kappa shape index (κ1) is 19.4. The van der Waals surface area contributed by atoms with Crippen molar-refractivity contribution in [1.82, 2.24) is 25.5 Å². The molecule has 0 aliphatic heterocycles. The van der Waals surface area contributed by atoms with Gasteiger partial charge >= 0.3 is 0 Å². The lowest BCUT2D eigenvalue weighted by atomic mass is 10.2. The van der Waals surface area contributed by atoms with Gasteiger partial charge in [0, 0.05) is 17.9 Å². The minimum Gasteiger partial charge on any atom is -0.415 e. The summed E-state index contributed by atoms with van der Waals surface area (Å²) in [5.74, 6) is 1.11. The van der Waals surface area contributed by atoms with E-state index in [1.807, 2.05) is 50.2 Å². The SMILES string of the molecule is Cc1cc(C)nc(SCc2nnc(SCC(=O)NCc3ccccc3)o2)n1. The van der Waals surface area contributed by atoms with Crippen molar-refractivity contribution >= 4 is 29.4 Å². The number of aromatic nitrogens is 4. The number of nitrogens with one attached hydrogen (secondary N) is 1. The summed E-state index contributed by atoms with van der Waals surface area (Å²) in [4.78, 5) is 20.7. The third-order valence-electron chi connectivity index (χ3n) is 3.39.